The van der Waals surface area contributed by atoms with Gasteiger partial charge in [-0.1, -0.05) is 12.1 Å². The fraction of sp³-hybridized carbons (Fsp3) is 0.455. The highest BCUT2D eigenvalue weighted by atomic mass is 16.3. The number of anilines is 2. The van der Waals surface area contributed by atoms with Crippen LogP contribution in [0.15, 0.2) is 24.3 Å². The minimum Gasteiger partial charge on any atom is -0.397 e. The Morgan fingerprint density at radius 3 is 2.64 bits per heavy atom. The Hall–Kier alpha value is -1.22. The molecule has 0 unspecified atom stereocenters. The quantitative estimate of drug-likeness (QED) is 0.698. The van der Waals surface area contributed by atoms with Crippen LogP contribution in [0, 0.1) is 0 Å². The summed E-state index contributed by atoms with van der Waals surface area (Å²) >= 11 is 0. The summed E-state index contributed by atoms with van der Waals surface area (Å²) in [7, 11) is 0. The van der Waals surface area contributed by atoms with Crippen LogP contribution in [-0.4, -0.2) is 24.8 Å². The Morgan fingerprint density at radius 2 is 2.07 bits per heavy atom. The fourth-order valence-electron chi connectivity index (χ4n) is 1.49. The van der Waals surface area contributed by atoms with Crippen LogP contribution in [0.5, 0.6) is 0 Å². The van der Waals surface area contributed by atoms with Gasteiger partial charge in [0.25, 0.3) is 0 Å². The van der Waals surface area contributed by atoms with Gasteiger partial charge in [-0.15, -0.1) is 0 Å². The summed E-state index contributed by atoms with van der Waals surface area (Å²) in [6.45, 7) is 4.07. The van der Waals surface area contributed by atoms with Gasteiger partial charge in [-0.3, -0.25) is 0 Å². The van der Waals surface area contributed by atoms with Crippen molar-refractivity contribution in [1.82, 2.24) is 0 Å². The molecule has 3 N–H and O–H groups in total. The number of hydrogen-bond donors (Lipinski definition) is 2. The van der Waals surface area contributed by atoms with Crippen molar-refractivity contribution in [2.45, 2.75) is 13.3 Å². The van der Waals surface area contributed by atoms with E-state index in [0.29, 0.717) is 0 Å². The Morgan fingerprint density at radius 1 is 1.36 bits per heavy atom. The van der Waals surface area contributed by atoms with Crippen LogP contribution in [-0.2, 0) is 0 Å². The predicted octanol–water partition coefficient (Wildman–Crippen LogP) is 1.48. The number of aliphatic hydroxyl groups excluding tert-OH is 1. The zero-order valence-corrected chi connectivity index (χ0v) is 8.61. The van der Waals surface area contributed by atoms with Crippen LogP contribution in [0.1, 0.15) is 13.3 Å². The van der Waals surface area contributed by atoms with E-state index in [-0.39, 0.29) is 6.61 Å². The summed E-state index contributed by atoms with van der Waals surface area (Å²) in [5, 5.41) is 8.77. The minimum atomic E-state index is 0.225. The Balaban J connectivity index is 2.73. The number of aliphatic hydroxyl groups is 1. The van der Waals surface area contributed by atoms with Gasteiger partial charge in [0.05, 0.1) is 11.4 Å². The third kappa shape index (κ3) is 2.64. The van der Waals surface area contributed by atoms with Gasteiger partial charge in [-0.25, -0.2) is 0 Å². The molecule has 1 aromatic rings. The van der Waals surface area contributed by atoms with E-state index in [0.717, 1.165) is 30.9 Å². The SMILES string of the molecule is CCN(CCCO)c1ccccc1N. The number of para-hydroxylation sites is 2. The molecule has 0 radical (unpaired) electrons. The molecule has 0 saturated heterocycles. The van der Waals surface area contributed by atoms with Crippen molar-refractivity contribution < 1.29 is 5.11 Å². The van der Waals surface area contributed by atoms with Crippen LogP contribution < -0.4 is 10.6 Å². The molecule has 0 heterocycles. The van der Waals surface area contributed by atoms with Crippen molar-refractivity contribution in [3.63, 3.8) is 0 Å². The number of nitrogens with two attached hydrogens (primary N) is 1. The lowest BCUT2D eigenvalue weighted by Crippen LogP contribution is -2.25. The largest absolute Gasteiger partial charge is 0.397 e. The van der Waals surface area contributed by atoms with E-state index in [9.17, 15) is 0 Å². The van der Waals surface area contributed by atoms with E-state index in [1.807, 2.05) is 24.3 Å². The van der Waals surface area contributed by atoms with E-state index in [1.54, 1.807) is 0 Å². The molecule has 0 saturated carbocycles. The maximum Gasteiger partial charge on any atom is 0.0599 e. The third-order valence-electron chi connectivity index (χ3n) is 2.25. The molecular formula is C11H18N2O. The number of nitrogen functional groups attached to an aromatic ring is 1. The second-order valence-electron chi connectivity index (χ2n) is 3.22. The van der Waals surface area contributed by atoms with Crippen molar-refractivity contribution in [1.29, 1.82) is 0 Å². The molecule has 1 aromatic carbocycles. The zero-order chi connectivity index (χ0) is 10.4. The Bertz CT molecular complexity index is 276. The lowest BCUT2D eigenvalue weighted by molar-refractivity contribution is 0.289. The Kier molecular flexibility index (Phi) is 4.26. The molecular weight excluding hydrogens is 176 g/mol. The number of nitrogens with zero attached hydrogens (tertiary/aromatic N) is 1. The van der Waals surface area contributed by atoms with Crippen molar-refractivity contribution in [3.8, 4) is 0 Å². The van der Waals surface area contributed by atoms with E-state index in [2.05, 4.69) is 11.8 Å². The molecule has 0 amide bonds. The van der Waals surface area contributed by atoms with Crippen LogP contribution in [0.3, 0.4) is 0 Å². The van der Waals surface area contributed by atoms with Gasteiger partial charge in [-0.05, 0) is 25.5 Å². The molecule has 0 aliphatic rings. The van der Waals surface area contributed by atoms with E-state index in [1.165, 1.54) is 0 Å². The molecule has 0 bridgehead atoms. The van der Waals surface area contributed by atoms with Gasteiger partial charge in [0.1, 0.15) is 0 Å². The van der Waals surface area contributed by atoms with Gasteiger partial charge in [0.2, 0.25) is 0 Å². The van der Waals surface area contributed by atoms with Gasteiger partial charge >= 0.3 is 0 Å². The summed E-state index contributed by atoms with van der Waals surface area (Å²) in [5.41, 5.74) is 7.72. The number of benzene rings is 1. The van der Waals surface area contributed by atoms with Crippen molar-refractivity contribution in [3.05, 3.63) is 24.3 Å². The normalized spacial score (nSPS) is 10.1. The molecule has 1 rings (SSSR count). The second-order valence-corrected chi connectivity index (χ2v) is 3.22. The summed E-state index contributed by atoms with van der Waals surface area (Å²) in [4.78, 5) is 2.17. The first-order valence-electron chi connectivity index (χ1n) is 5.00. The molecule has 0 aromatic heterocycles. The molecule has 0 aliphatic heterocycles. The monoisotopic (exact) mass is 194 g/mol. The number of rotatable bonds is 5. The van der Waals surface area contributed by atoms with Crippen LogP contribution in [0.4, 0.5) is 11.4 Å². The van der Waals surface area contributed by atoms with Crippen LogP contribution in [0.2, 0.25) is 0 Å². The molecule has 0 atom stereocenters. The Labute approximate surface area is 85.2 Å². The highest BCUT2D eigenvalue weighted by Gasteiger charge is 2.05. The second kappa shape index (κ2) is 5.50. The first kappa shape index (κ1) is 10.9. The van der Waals surface area contributed by atoms with E-state index >= 15 is 0 Å². The summed E-state index contributed by atoms with van der Waals surface area (Å²) in [5.74, 6) is 0. The predicted molar refractivity (Wildman–Crippen MR) is 60.4 cm³/mol. The molecule has 3 nitrogen and oxygen atoms in total. The summed E-state index contributed by atoms with van der Waals surface area (Å²) in [6, 6.07) is 7.82. The van der Waals surface area contributed by atoms with Gasteiger partial charge < -0.3 is 15.7 Å². The fourth-order valence-corrected chi connectivity index (χ4v) is 1.49. The third-order valence-corrected chi connectivity index (χ3v) is 2.25. The molecule has 78 valence electrons. The van der Waals surface area contributed by atoms with Crippen LogP contribution >= 0.6 is 0 Å². The van der Waals surface area contributed by atoms with Gasteiger partial charge in [-0.2, -0.15) is 0 Å². The first-order valence-corrected chi connectivity index (χ1v) is 5.00. The molecule has 0 spiro atoms. The van der Waals surface area contributed by atoms with Crippen molar-refractivity contribution in [2.24, 2.45) is 0 Å². The van der Waals surface area contributed by atoms with Gasteiger partial charge in [0, 0.05) is 19.7 Å². The van der Waals surface area contributed by atoms with Crippen molar-refractivity contribution in [2.75, 3.05) is 30.3 Å². The molecule has 0 aliphatic carbocycles. The van der Waals surface area contributed by atoms with E-state index < -0.39 is 0 Å². The maximum atomic E-state index is 8.77. The lowest BCUT2D eigenvalue weighted by atomic mass is 10.2. The lowest BCUT2D eigenvalue weighted by Gasteiger charge is -2.24. The molecule has 3 heteroatoms. The molecule has 0 fully saturated rings. The van der Waals surface area contributed by atoms with Gasteiger partial charge in [0.15, 0.2) is 0 Å². The van der Waals surface area contributed by atoms with Crippen molar-refractivity contribution >= 4 is 11.4 Å². The standard InChI is InChI=1S/C11H18N2O/c1-2-13(8-5-9-14)11-7-4-3-6-10(11)12/h3-4,6-7,14H,2,5,8-9,12H2,1H3. The van der Waals surface area contributed by atoms with Crippen LogP contribution in [0.25, 0.3) is 0 Å². The molecule has 14 heavy (non-hydrogen) atoms. The summed E-state index contributed by atoms with van der Waals surface area (Å²) < 4.78 is 0. The zero-order valence-electron chi connectivity index (χ0n) is 8.61. The summed E-state index contributed by atoms with van der Waals surface area (Å²) in [6.07, 6.45) is 0.780. The minimum absolute atomic E-state index is 0.225. The van der Waals surface area contributed by atoms with E-state index in [4.69, 9.17) is 10.8 Å². The number of hydrogen-bond acceptors (Lipinski definition) is 3. The first-order chi connectivity index (χ1) is 6.79. The average Bonchev–Trinajstić information content (AvgIpc) is 2.21. The maximum absolute atomic E-state index is 8.77. The topological polar surface area (TPSA) is 49.5 Å². The highest BCUT2D eigenvalue weighted by molar-refractivity contribution is 5.67. The highest BCUT2D eigenvalue weighted by Crippen LogP contribution is 2.21. The smallest absolute Gasteiger partial charge is 0.0599 e. The average molecular weight is 194 g/mol.